The van der Waals surface area contributed by atoms with Gasteiger partial charge in [-0.2, -0.15) is 8.78 Å². The van der Waals surface area contributed by atoms with Gasteiger partial charge in [-0.05, 0) is 49.8 Å². The normalized spacial score (nSPS) is 14.0. The van der Waals surface area contributed by atoms with Gasteiger partial charge in [0.2, 0.25) is 0 Å². The number of likely N-dealkylation sites (N-methyl/N-ethyl adjacent to an activating group) is 1. The van der Waals surface area contributed by atoms with Crippen LogP contribution < -0.4 is 15.4 Å². The molecule has 31 heavy (non-hydrogen) atoms. The molecule has 0 fully saturated rings. The molecular weight excluding hydrogens is 406 g/mol. The number of benzene rings is 1. The summed E-state index contributed by atoms with van der Waals surface area (Å²) < 4.78 is 34.5. The van der Waals surface area contributed by atoms with Crippen LogP contribution in [-0.2, 0) is 0 Å². The zero-order chi connectivity index (χ0) is 22.6. The maximum absolute atomic E-state index is 12.3. The van der Waals surface area contributed by atoms with Gasteiger partial charge in [0.25, 0.3) is 0 Å². The fourth-order valence-corrected chi connectivity index (χ4v) is 3.23. The van der Waals surface area contributed by atoms with Crippen molar-refractivity contribution in [3.8, 4) is 5.75 Å². The molecule has 0 saturated heterocycles. The summed E-state index contributed by atoms with van der Waals surface area (Å²) in [6.45, 7) is 6.37. The van der Waals surface area contributed by atoms with Crippen molar-refractivity contribution in [2.45, 2.75) is 39.5 Å². The summed E-state index contributed by atoms with van der Waals surface area (Å²) in [6, 6.07) is 9.75. The fraction of sp³-hybridized carbons (Fsp3) is 0.500. The highest BCUT2D eigenvalue weighted by Gasteiger charge is 2.20. The van der Waals surface area contributed by atoms with Crippen LogP contribution in [0.3, 0.4) is 0 Å². The number of furan rings is 1. The molecule has 0 spiro atoms. The molecule has 2 unspecified atom stereocenters. The van der Waals surface area contributed by atoms with Gasteiger partial charge in [0.1, 0.15) is 11.5 Å². The van der Waals surface area contributed by atoms with Crippen molar-refractivity contribution in [2.75, 3.05) is 32.7 Å². The van der Waals surface area contributed by atoms with E-state index in [1.807, 2.05) is 19.1 Å². The Balaban J connectivity index is 2.01. The number of aliphatic hydroxyl groups is 1. The molecule has 0 aliphatic carbocycles. The average Bonchev–Trinajstić information content (AvgIpc) is 3.29. The number of nitrogens with one attached hydrogen (secondary N) is 2. The number of rotatable bonds is 12. The molecule has 1 aromatic heterocycles. The SMILES string of the molecule is CCNC(=NCC(c1ccco1)N(CC)CC)NCC(O)c1ccc(OC(F)F)cc1. The summed E-state index contributed by atoms with van der Waals surface area (Å²) in [4.78, 5) is 6.94. The Morgan fingerprint density at radius 3 is 2.39 bits per heavy atom. The second kappa shape index (κ2) is 12.9. The first-order valence-corrected chi connectivity index (χ1v) is 10.5. The number of aliphatic imine (C=N–C) groups is 1. The van der Waals surface area contributed by atoms with Crippen LogP contribution in [-0.4, -0.2) is 55.3 Å². The van der Waals surface area contributed by atoms with E-state index in [0.29, 0.717) is 24.6 Å². The first-order valence-electron chi connectivity index (χ1n) is 10.5. The molecule has 3 N–H and O–H groups in total. The number of hydrogen-bond donors (Lipinski definition) is 3. The molecule has 2 rings (SSSR count). The summed E-state index contributed by atoms with van der Waals surface area (Å²) in [7, 11) is 0. The van der Waals surface area contributed by atoms with Crippen molar-refractivity contribution in [2.24, 2.45) is 4.99 Å². The number of alkyl halides is 2. The minimum absolute atomic E-state index is 0.00718. The third kappa shape index (κ3) is 7.84. The van der Waals surface area contributed by atoms with Crippen molar-refractivity contribution in [3.05, 3.63) is 54.0 Å². The predicted octanol–water partition coefficient (Wildman–Crippen LogP) is 3.55. The van der Waals surface area contributed by atoms with Crippen LogP contribution in [0.25, 0.3) is 0 Å². The van der Waals surface area contributed by atoms with E-state index in [9.17, 15) is 13.9 Å². The molecule has 0 radical (unpaired) electrons. The second-order valence-corrected chi connectivity index (χ2v) is 6.82. The van der Waals surface area contributed by atoms with E-state index in [2.05, 4.69) is 39.1 Å². The Morgan fingerprint density at radius 2 is 1.84 bits per heavy atom. The van der Waals surface area contributed by atoms with Crippen molar-refractivity contribution >= 4 is 5.96 Å². The van der Waals surface area contributed by atoms with Gasteiger partial charge in [-0.15, -0.1) is 0 Å². The number of hydrogen-bond acceptors (Lipinski definition) is 5. The molecule has 1 aromatic carbocycles. The number of ether oxygens (including phenoxy) is 1. The van der Waals surface area contributed by atoms with E-state index in [-0.39, 0.29) is 18.3 Å². The topological polar surface area (TPSA) is 82.3 Å². The molecule has 0 saturated carbocycles. The molecule has 0 aliphatic heterocycles. The van der Waals surface area contributed by atoms with Crippen LogP contribution in [0, 0.1) is 0 Å². The fourth-order valence-electron chi connectivity index (χ4n) is 3.23. The Hall–Kier alpha value is -2.65. The minimum Gasteiger partial charge on any atom is -0.468 e. The van der Waals surface area contributed by atoms with E-state index >= 15 is 0 Å². The third-order valence-electron chi connectivity index (χ3n) is 4.84. The Kier molecular flexibility index (Phi) is 10.3. The molecule has 0 aliphatic rings. The Morgan fingerprint density at radius 1 is 1.13 bits per heavy atom. The molecule has 2 aromatic rings. The highest BCUT2D eigenvalue weighted by atomic mass is 19.3. The van der Waals surface area contributed by atoms with Crippen LogP contribution in [0.15, 0.2) is 52.1 Å². The minimum atomic E-state index is -2.88. The molecule has 0 amide bonds. The summed E-state index contributed by atoms with van der Waals surface area (Å²) >= 11 is 0. The Bertz CT molecular complexity index is 766. The van der Waals surface area contributed by atoms with Gasteiger partial charge in [-0.25, -0.2) is 0 Å². The summed E-state index contributed by atoms with van der Waals surface area (Å²) in [5.41, 5.74) is 0.585. The van der Waals surface area contributed by atoms with Gasteiger partial charge in [0.15, 0.2) is 5.96 Å². The molecule has 9 heteroatoms. The third-order valence-corrected chi connectivity index (χ3v) is 4.84. The van der Waals surface area contributed by atoms with Crippen LogP contribution in [0.4, 0.5) is 8.78 Å². The first kappa shape index (κ1) is 24.6. The lowest BCUT2D eigenvalue weighted by atomic mass is 10.1. The average molecular weight is 439 g/mol. The quantitative estimate of drug-likeness (QED) is 0.347. The largest absolute Gasteiger partial charge is 0.468 e. The monoisotopic (exact) mass is 438 g/mol. The van der Waals surface area contributed by atoms with Crippen LogP contribution in [0.5, 0.6) is 5.75 Å². The molecule has 2 atom stereocenters. The van der Waals surface area contributed by atoms with E-state index in [0.717, 1.165) is 18.8 Å². The summed E-state index contributed by atoms with van der Waals surface area (Å²) in [5, 5.41) is 16.7. The second-order valence-electron chi connectivity index (χ2n) is 6.82. The molecule has 7 nitrogen and oxygen atoms in total. The van der Waals surface area contributed by atoms with Crippen LogP contribution in [0.2, 0.25) is 0 Å². The van der Waals surface area contributed by atoms with E-state index in [1.165, 1.54) is 12.1 Å². The van der Waals surface area contributed by atoms with E-state index < -0.39 is 12.7 Å². The molecule has 172 valence electrons. The maximum atomic E-state index is 12.3. The number of halogens is 2. The van der Waals surface area contributed by atoms with Crippen molar-refractivity contribution in [1.29, 1.82) is 0 Å². The summed E-state index contributed by atoms with van der Waals surface area (Å²) in [6.07, 6.45) is 0.820. The van der Waals surface area contributed by atoms with Gasteiger partial charge in [-0.3, -0.25) is 9.89 Å². The number of aliphatic hydroxyl groups excluding tert-OH is 1. The maximum Gasteiger partial charge on any atom is 0.387 e. The Labute approximate surface area is 182 Å². The van der Waals surface area contributed by atoms with Crippen molar-refractivity contribution < 1.29 is 23.0 Å². The van der Waals surface area contributed by atoms with Crippen LogP contribution in [0.1, 0.15) is 44.2 Å². The van der Waals surface area contributed by atoms with Crippen molar-refractivity contribution in [1.82, 2.24) is 15.5 Å². The van der Waals surface area contributed by atoms with Crippen molar-refractivity contribution in [3.63, 3.8) is 0 Å². The van der Waals surface area contributed by atoms with Gasteiger partial charge >= 0.3 is 6.61 Å². The van der Waals surface area contributed by atoms with Gasteiger partial charge in [0.05, 0.1) is 25.0 Å². The lowest BCUT2D eigenvalue weighted by Gasteiger charge is -2.27. The lowest BCUT2D eigenvalue weighted by Crippen LogP contribution is -2.40. The number of nitrogens with zero attached hydrogens (tertiary/aromatic N) is 2. The van der Waals surface area contributed by atoms with Gasteiger partial charge in [-0.1, -0.05) is 26.0 Å². The smallest absolute Gasteiger partial charge is 0.387 e. The predicted molar refractivity (Wildman–Crippen MR) is 116 cm³/mol. The van der Waals surface area contributed by atoms with Crippen LogP contribution >= 0.6 is 0 Å². The first-order chi connectivity index (χ1) is 15.0. The van der Waals surface area contributed by atoms with Gasteiger partial charge < -0.3 is 24.9 Å². The summed E-state index contributed by atoms with van der Waals surface area (Å²) in [5.74, 6) is 1.48. The highest BCUT2D eigenvalue weighted by Crippen LogP contribution is 2.22. The van der Waals surface area contributed by atoms with E-state index in [1.54, 1.807) is 18.4 Å². The molecule has 1 heterocycles. The van der Waals surface area contributed by atoms with Gasteiger partial charge in [0, 0.05) is 13.1 Å². The standard InChI is InChI=1S/C22H32F2N4O3/c1-4-25-22(26-14-18(28(5-2)6-3)20-8-7-13-30-20)27-15-19(29)16-9-11-17(12-10-16)31-21(23)24/h7-13,18-19,21,29H,4-6,14-15H2,1-3H3,(H2,25,26,27). The zero-order valence-electron chi connectivity index (χ0n) is 18.2. The highest BCUT2D eigenvalue weighted by molar-refractivity contribution is 5.79. The van der Waals surface area contributed by atoms with E-state index in [4.69, 9.17) is 4.42 Å². The number of guanidine groups is 1. The molecular formula is C22H32F2N4O3. The lowest BCUT2D eigenvalue weighted by molar-refractivity contribution is -0.0498. The zero-order valence-corrected chi connectivity index (χ0v) is 18.2. The molecule has 0 bridgehead atoms.